The number of fused-ring (bicyclic) bond motifs is 3. The van der Waals surface area contributed by atoms with Gasteiger partial charge in [-0.15, -0.1) is 0 Å². The Morgan fingerprint density at radius 1 is 1.11 bits per heavy atom. The van der Waals surface area contributed by atoms with E-state index < -0.39 is 63.6 Å². The van der Waals surface area contributed by atoms with Crippen LogP contribution in [0.4, 0.5) is 0 Å². The second kappa shape index (κ2) is 9.18. The third kappa shape index (κ3) is 3.62. The summed E-state index contributed by atoms with van der Waals surface area (Å²) in [6, 6.07) is 0. The van der Waals surface area contributed by atoms with Gasteiger partial charge in [-0.2, -0.15) is 0 Å². The van der Waals surface area contributed by atoms with Crippen molar-refractivity contribution in [3.05, 3.63) is 70.5 Å². The lowest BCUT2D eigenvalue weighted by molar-refractivity contribution is -0.328. The van der Waals surface area contributed by atoms with Gasteiger partial charge >= 0.3 is 0 Å². The third-order valence-electron chi connectivity index (χ3n) is 7.85. The molecule has 0 bridgehead atoms. The largest absolute Gasteiger partial charge is 0.509 e. The highest BCUT2D eigenvalue weighted by Gasteiger charge is 2.80. The molecule has 1 saturated heterocycles. The number of aliphatic hydroxyl groups excluding tert-OH is 3. The summed E-state index contributed by atoms with van der Waals surface area (Å²) in [5.41, 5.74) is -6.34. The summed E-state index contributed by atoms with van der Waals surface area (Å²) in [6.07, 6.45) is 9.68. The lowest BCUT2D eigenvalue weighted by atomic mass is 9.52. The average Bonchev–Trinajstić information content (AvgIpc) is 3.01. The van der Waals surface area contributed by atoms with Gasteiger partial charge in [0, 0.05) is 35.5 Å². The Labute approximate surface area is 211 Å². The van der Waals surface area contributed by atoms with Crippen LogP contribution in [0.3, 0.4) is 0 Å². The summed E-state index contributed by atoms with van der Waals surface area (Å²) < 4.78 is 6.03. The van der Waals surface area contributed by atoms with Crippen molar-refractivity contribution in [1.29, 1.82) is 0 Å². The minimum atomic E-state index is -2.57. The highest BCUT2D eigenvalue weighted by atomic mass is 16.7. The van der Waals surface area contributed by atoms with Crippen molar-refractivity contribution < 1.29 is 39.9 Å². The predicted molar refractivity (Wildman–Crippen MR) is 134 cm³/mol. The van der Waals surface area contributed by atoms with E-state index in [9.17, 15) is 35.1 Å². The normalized spacial score (nSPS) is 38.4. The number of hydrogen-bond donors (Lipinski definition) is 5. The smallest absolute Gasteiger partial charge is 0.209 e. The molecule has 5 atom stereocenters. The van der Waals surface area contributed by atoms with E-state index in [1.165, 1.54) is 39.8 Å². The van der Waals surface area contributed by atoms with Gasteiger partial charge in [0.15, 0.2) is 11.6 Å². The SMILES string of the molecule is C/C=C/C=C/C(O)=C1\CC(C)(O)C2(O)OC3(C)C(O)=C(C)C(O)=C(C(=O)CC/C=C/C)C3C2(C)C1=O. The van der Waals surface area contributed by atoms with Gasteiger partial charge in [0.05, 0.1) is 5.41 Å². The molecule has 36 heavy (non-hydrogen) atoms. The van der Waals surface area contributed by atoms with Crippen LogP contribution in [0.5, 0.6) is 0 Å². The Morgan fingerprint density at radius 2 is 1.75 bits per heavy atom. The Bertz CT molecular complexity index is 1160. The molecule has 0 aromatic heterocycles. The number of rotatable bonds is 6. The molecule has 2 fully saturated rings. The van der Waals surface area contributed by atoms with E-state index in [2.05, 4.69) is 0 Å². The molecule has 8 heteroatoms. The Morgan fingerprint density at radius 3 is 2.33 bits per heavy atom. The van der Waals surface area contributed by atoms with Gasteiger partial charge in [0.25, 0.3) is 0 Å². The predicted octanol–water partition coefficient (Wildman–Crippen LogP) is 4.34. The summed E-state index contributed by atoms with van der Waals surface area (Å²) in [5.74, 6) is -6.52. The van der Waals surface area contributed by atoms with Gasteiger partial charge in [-0.05, 0) is 54.0 Å². The molecule has 0 aromatic carbocycles. The second-order valence-electron chi connectivity index (χ2n) is 10.3. The first-order valence-corrected chi connectivity index (χ1v) is 12.0. The number of ketones is 2. The Hall–Kier alpha value is -2.94. The van der Waals surface area contributed by atoms with E-state index in [-0.39, 0.29) is 23.1 Å². The van der Waals surface area contributed by atoms with Gasteiger partial charge < -0.3 is 30.3 Å². The summed E-state index contributed by atoms with van der Waals surface area (Å²) in [5, 5.41) is 56.3. The molecule has 8 nitrogen and oxygen atoms in total. The lowest BCUT2D eigenvalue weighted by Crippen LogP contribution is -2.68. The maximum atomic E-state index is 14.1. The van der Waals surface area contributed by atoms with Gasteiger partial charge in [0.1, 0.15) is 28.5 Å². The van der Waals surface area contributed by atoms with Crippen molar-refractivity contribution in [3.63, 3.8) is 0 Å². The summed E-state index contributed by atoms with van der Waals surface area (Å²) in [4.78, 5) is 27.5. The lowest BCUT2D eigenvalue weighted by Gasteiger charge is -2.51. The first kappa shape index (κ1) is 27.6. The highest BCUT2D eigenvalue weighted by molar-refractivity contribution is 6.06. The van der Waals surface area contributed by atoms with Crippen LogP contribution in [-0.2, 0) is 14.3 Å². The number of ether oxygens (including phenoxy) is 1. The molecule has 3 rings (SSSR count). The van der Waals surface area contributed by atoms with E-state index in [1.807, 2.05) is 6.92 Å². The number of aliphatic hydroxyl groups is 5. The van der Waals surface area contributed by atoms with Crippen LogP contribution in [0.25, 0.3) is 0 Å². The second-order valence-corrected chi connectivity index (χ2v) is 10.3. The van der Waals surface area contributed by atoms with E-state index in [0.29, 0.717) is 6.42 Å². The molecule has 2 aliphatic carbocycles. The zero-order valence-corrected chi connectivity index (χ0v) is 21.6. The molecule has 3 aliphatic rings. The van der Waals surface area contributed by atoms with Crippen LogP contribution in [0.2, 0.25) is 0 Å². The van der Waals surface area contributed by atoms with Crippen LogP contribution in [0.1, 0.15) is 60.8 Å². The van der Waals surface area contributed by atoms with Crippen molar-refractivity contribution in [3.8, 4) is 0 Å². The van der Waals surface area contributed by atoms with Gasteiger partial charge in [-0.25, -0.2) is 0 Å². The highest BCUT2D eigenvalue weighted by Crippen LogP contribution is 2.67. The van der Waals surface area contributed by atoms with Crippen LogP contribution >= 0.6 is 0 Å². The fraction of sp³-hybridized carbons (Fsp3) is 0.500. The van der Waals surface area contributed by atoms with Crippen LogP contribution in [0, 0.1) is 11.3 Å². The molecule has 5 N–H and O–H groups in total. The fourth-order valence-corrected chi connectivity index (χ4v) is 5.98. The first-order valence-electron chi connectivity index (χ1n) is 12.0. The van der Waals surface area contributed by atoms with E-state index in [1.54, 1.807) is 31.2 Å². The zero-order valence-electron chi connectivity index (χ0n) is 21.6. The quantitative estimate of drug-likeness (QED) is 0.157. The molecule has 0 spiro atoms. The minimum Gasteiger partial charge on any atom is -0.509 e. The number of carbonyl (C=O) groups excluding carboxylic acids is 2. The number of allylic oxidation sites excluding steroid dienone is 7. The van der Waals surface area contributed by atoms with Crippen LogP contribution in [-0.4, -0.2) is 54.1 Å². The summed E-state index contributed by atoms with van der Waals surface area (Å²) in [7, 11) is 0. The van der Waals surface area contributed by atoms with Crippen LogP contribution in [0.15, 0.2) is 70.5 Å². The molecule has 1 aliphatic heterocycles. The Kier molecular flexibility index (Phi) is 7.05. The maximum Gasteiger partial charge on any atom is 0.209 e. The number of Topliss-reactive ketones (excluding diaryl/α,β-unsaturated/α-hetero) is 2. The standard InChI is InChI=1S/C28H36O8/c1-7-9-11-13-18(29)17-15-25(4,34)28(35)26(5,24(17)33)22-20(19(30)14-12-10-8-2)21(31)16(3)23(32)27(22,6)36-28/h7-11,13,22,29,31-32,34-35H,12,14-15H2,1-6H3/b9-7+,10-8+,13-11+,18-17-. The minimum absolute atomic E-state index is 0.00346. The van der Waals surface area contributed by atoms with Gasteiger partial charge in [0.2, 0.25) is 5.79 Å². The molecule has 0 radical (unpaired) electrons. The molecular weight excluding hydrogens is 464 g/mol. The molecule has 196 valence electrons. The van der Waals surface area contributed by atoms with Crippen molar-refractivity contribution in [2.75, 3.05) is 0 Å². The van der Waals surface area contributed by atoms with E-state index in [4.69, 9.17) is 4.74 Å². The number of carbonyl (C=O) groups is 2. The van der Waals surface area contributed by atoms with Crippen molar-refractivity contribution in [2.45, 2.75) is 77.8 Å². The molecule has 5 unspecified atom stereocenters. The van der Waals surface area contributed by atoms with Gasteiger partial charge in [-0.3, -0.25) is 9.59 Å². The zero-order chi connectivity index (χ0) is 27.3. The van der Waals surface area contributed by atoms with Crippen molar-refractivity contribution in [1.82, 2.24) is 0 Å². The monoisotopic (exact) mass is 500 g/mol. The number of hydrogen-bond acceptors (Lipinski definition) is 8. The van der Waals surface area contributed by atoms with Crippen molar-refractivity contribution >= 4 is 11.6 Å². The third-order valence-corrected chi connectivity index (χ3v) is 7.85. The van der Waals surface area contributed by atoms with E-state index >= 15 is 0 Å². The van der Waals surface area contributed by atoms with Gasteiger partial charge in [-0.1, -0.05) is 30.4 Å². The first-order chi connectivity index (χ1) is 16.7. The topological polar surface area (TPSA) is 145 Å². The van der Waals surface area contributed by atoms with E-state index in [0.717, 1.165) is 0 Å². The molecule has 0 amide bonds. The molecule has 0 aromatic rings. The van der Waals surface area contributed by atoms with Crippen molar-refractivity contribution in [2.24, 2.45) is 11.3 Å². The molecule has 1 heterocycles. The maximum absolute atomic E-state index is 14.1. The summed E-state index contributed by atoms with van der Waals surface area (Å²) >= 11 is 0. The summed E-state index contributed by atoms with van der Waals surface area (Å²) in [6.45, 7) is 9.02. The molecule has 1 saturated carbocycles. The average molecular weight is 501 g/mol. The van der Waals surface area contributed by atoms with Crippen LogP contribution < -0.4 is 0 Å². The molecular formula is C28H36O8. The fourth-order valence-electron chi connectivity index (χ4n) is 5.98. The Balaban J connectivity index is 2.32.